The topological polar surface area (TPSA) is 282 Å². The van der Waals surface area contributed by atoms with Crippen LogP contribution in [0.4, 0.5) is 22.7 Å². The quantitative estimate of drug-likeness (QED) is 0.0108. The molecule has 5 aromatic rings. The van der Waals surface area contributed by atoms with Crippen LogP contribution in [-0.4, -0.2) is 101 Å². The van der Waals surface area contributed by atoms with Crippen molar-refractivity contribution in [1.29, 1.82) is 0 Å². The molecule has 0 aromatic heterocycles. The summed E-state index contributed by atoms with van der Waals surface area (Å²) in [4.78, 5) is 81.4. The molecular weight excluding hydrogens is 1050 g/mol. The number of hydrogen-bond donors (Lipinski definition) is 9. The smallest absolute Gasteiger partial charge is 0.340 e. The Hall–Kier alpha value is -8.59. The van der Waals surface area contributed by atoms with Crippen LogP contribution in [-0.2, 0) is 29.5 Å². The summed E-state index contributed by atoms with van der Waals surface area (Å²) in [6.45, 7) is 8.35. The fourth-order valence-electron chi connectivity index (χ4n) is 9.61. The molecule has 20 nitrogen and oxygen atoms in total. The van der Waals surface area contributed by atoms with Gasteiger partial charge in [-0.15, -0.1) is 0 Å². The number of nitrogens with one attached hydrogen (secondary N) is 6. The minimum absolute atomic E-state index is 0.0142. The highest BCUT2D eigenvalue weighted by Gasteiger charge is 2.53. The molecule has 81 heavy (non-hydrogen) atoms. The van der Waals surface area contributed by atoms with E-state index in [1.54, 1.807) is 54.6 Å². The highest BCUT2D eigenvalue weighted by Crippen LogP contribution is 2.57. The number of esters is 1. The summed E-state index contributed by atoms with van der Waals surface area (Å²) in [5, 5.41) is 56.7. The fraction of sp³-hybridized carbons (Fsp3) is 0.383. The maximum atomic E-state index is 13.8. The molecule has 7 rings (SSSR count). The number of benzene rings is 5. The van der Waals surface area contributed by atoms with Crippen LogP contribution < -0.4 is 41.5 Å². The van der Waals surface area contributed by atoms with E-state index in [4.69, 9.17) is 21.7 Å². The first kappa shape index (κ1) is 60.1. The van der Waals surface area contributed by atoms with Gasteiger partial charge in [0.2, 0.25) is 17.7 Å². The van der Waals surface area contributed by atoms with Crippen LogP contribution in [0.2, 0.25) is 0 Å². The number of ether oxygens (including phenoxy) is 2. The fourth-order valence-corrected chi connectivity index (χ4v) is 9.83. The predicted octanol–water partition coefficient (Wildman–Crippen LogP) is 9.23. The van der Waals surface area contributed by atoms with E-state index in [9.17, 15) is 44.1 Å². The summed E-state index contributed by atoms with van der Waals surface area (Å²) in [6, 6.07) is 25.4. The number of phenolic OH excluding ortho intramolecular Hbond substituents is 2. The maximum Gasteiger partial charge on any atom is 0.340 e. The van der Waals surface area contributed by atoms with Gasteiger partial charge in [-0.3, -0.25) is 19.2 Å². The highest BCUT2D eigenvalue weighted by atomic mass is 32.1. The first-order chi connectivity index (χ1) is 38.7. The Morgan fingerprint density at radius 2 is 1.19 bits per heavy atom. The summed E-state index contributed by atoms with van der Waals surface area (Å²) in [5.41, 5.74) is 3.77. The van der Waals surface area contributed by atoms with E-state index >= 15 is 0 Å². The van der Waals surface area contributed by atoms with Gasteiger partial charge < -0.3 is 61.6 Å². The summed E-state index contributed by atoms with van der Waals surface area (Å²) < 4.78 is 12.2. The number of anilines is 2. The number of unbranched alkanes of at least 4 members (excludes halogenated alkanes) is 3. The third kappa shape index (κ3) is 15.8. The third-order valence-corrected chi connectivity index (χ3v) is 13.9. The molecule has 2 aliphatic heterocycles. The van der Waals surface area contributed by atoms with Crippen molar-refractivity contribution < 1.29 is 53.6 Å². The van der Waals surface area contributed by atoms with Crippen molar-refractivity contribution in [2.45, 2.75) is 109 Å². The lowest BCUT2D eigenvalue weighted by molar-refractivity contribution is -0.142. The maximum absolute atomic E-state index is 13.8. The minimum atomic E-state index is -1.39. The van der Waals surface area contributed by atoms with Gasteiger partial charge in [0.05, 0.1) is 16.9 Å². The largest absolute Gasteiger partial charge is 0.508 e. The second-order valence-corrected chi connectivity index (χ2v) is 21.6. The first-order valence-electron chi connectivity index (χ1n) is 27.2. The van der Waals surface area contributed by atoms with Crippen molar-refractivity contribution in [2.24, 2.45) is 22.1 Å². The molecule has 9 N–H and O–H groups in total. The van der Waals surface area contributed by atoms with Crippen molar-refractivity contribution in [2.75, 3.05) is 37.4 Å². The van der Waals surface area contributed by atoms with E-state index in [1.807, 2.05) is 71.0 Å². The first-order valence-corrected chi connectivity index (χ1v) is 27.6. The Kier molecular flexibility index (Phi) is 20.4. The van der Waals surface area contributed by atoms with Gasteiger partial charge in [0, 0.05) is 79.4 Å². The van der Waals surface area contributed by atoms with Crippen molar-refractivity contribution in [3.8, 4) is 23.0 Å². The van der Waals surface area contributed by atoms with Gasteiger partial charge in [-0.05, 0) is 154 Å². The van der Waals surface area contributed by atoms with Gasteiger partial charge in [0.1, 0.15) is 41.1 Å². The average molecular weight is 1130 g/mol. The summed E-state index contributed by atoms with van der Waals surface area (Å²) in [5.74, 6) is -3.19. The standard InChI is InChI=1S/C60H71N9O11S/c1-35(2)30-49(55(74)66-50(31-36(3)4)56(75)65-48(57(76)77)12-9-11-28-61-54(73)37-14-16-38(17-15-37)67-68-39-18-21-41(22-19-39)69(5)6)64-53(72)13-8-7-10-29-62-59(81)63-40-20-25-45-44(32-40)58(78)80-60(45)46-26-23-42(70)33-51(46)79-52-34-43(71)24-27-47(52)60/h14-27,32-36,48-50,70-71H,7-13,28-31H2,1-6H3,(H,61,73)(H,64,72)(H,65,75)(H,66,74)(H,76,77)(H2,62,63,81)/t48-,49+,50+/m0/s1. The number of rotatable bonds is 26. The van der Waals surface area contributed by atoms with Crippen LogP contribution in [0.15, 0.2) is 113 Å². The van der Waals surface area contributed by atoms with E-state index in [1.165, 1.54) is 24.3 Å². The number of carbonyl (C=O) groups excluding carboxylic acids is 5. The molecule has 2 aliphatic rings. The number of carbonyl (C=O) groups is 6. The second-order valence-electron chi connectivity index (χ2n) is 21.2. The number of amides is 4. The van der Waals surface area contributed by atoms with Crippen LogP contribution in [0.25, 0.3) is 0 Å². The zero-order valence-corrected chi connectivity index (χ0v) is 47.2. The van der Waals surface area contributed by atoms with Crippen molar-refractivity contribution in [3.05, 3.63) is 131 Å². The van der Waals surface area contributed by atoms with Gasteiger partial charge in [-0.1, -0.05) is 40.2 Å². The molecule has 0 radical (unpaired) electrons. The molecule has 1 spiro atoms. The molecule has 0 fully saturated rings. The molecule has 0 saturated carbocycles. The number of carboxylic acid groups (broad SMARTS) is 1. The van der Waals surface area contributed by atoms with Crippen molar-refractivity contribution in [3.63, 3.8) is 0 Å². The van der Waals surface area contributed by atoms with Crippen LogP contribution in [0, 0.1) is 11.8 Å². The number of nitrogens with zero attached hydrogens (tertiary/aromatic N) is 3. The van der Waals surface area contributed by atoms with Crippen LogP contribution >= 0.6 is 12.2 Å². The Bertz CT molecular complexity index is 3080. The molecule has 5 aromatic carbocycles. The van der Waals surface area contributed by atoms with Gasteiger partial charge in [0.15, 0.2) is 10.7 Å². The van der Waals surface area contributed by atoms with Crippen LogP contribution in [0.1, 0.15) is 123 Å². The number of thiocarbonyl (C=S) groups is 1. The van der Waals surface area contributed by atoms with E-state index in [2.05, 4.69) is 42.1 Å². The second kappa shape index (κ2) is 27.5. The lowest BCUT2D eigenvalue weighted by atomic mass is 9.77. The molecule has 0 bridgehead atoms. The van der Waals surface area contributed by atoms with E-state index < -0.39 is 47.5 Å². The normalized spacial score (nSPS) is 13.9. The van der Waals surface area contributed by atoms with E-state index in [-0.39, 0.29) is 72.5 Å². The number of hydrogen-bond acceptors (Lipinski definition) is 14. The van der Waals surface area contributed by atoms with E-state index in [0.717, 1.165) is 5.69 Å². The Morgan fingerprint density at radius 1 is 0.642 bits per heavy atom. The Balaban J connectivity index is 0.821. The average Bonchev–Trinajstić information content (AvgIpc) is 2.06. The lowest BCUT2D eigenvalue weighted by Gasteiger charge is -2.36. The number of aromatic hydroxyl groups is 2. The molecule has 428 valence electrons. The van der Waals surface area contributed by atoms with E-state index in [0.29, 0.717) is 95.1 Å². The summed E-state index contributed by atoms with van der Waals surface area (Å²) >= 11 is 5.56. The number of fused-ring (bicyclic) bond motifs is 6. The number of carboxylic acids is 1. The number of azo groups is 1. The molecule has 4 amide bonds. The monoisotopic (exact) mass is 1130 g/mol. The third-order valence-electron chi connectivity index (χ3n) is 13.7. The van der Waals surface area contributed by atoms with Crippen molar-refractivity contribution >= 4 is 75.6 Å². The zero-order valence-electron chi connectivity index (χ0n) is 46.3. The van der Waals surface area contributed by atoms with Gasteiger partial charge >= 0.3 is 11.9 Å². The van der Waals surface area contributed by atoms with Crippen LogP contribution in [0.5, 0.6) is 23.0 Å². The summed E-state index contributed by atoms with van der Waals surface area (Å²) in [7, 11) is 3.91. The number of phenols is 2. The molecule has 0 unspecified atom stereocenters. The van der Waals surface area contributed by atoms with Crippen molar-refractivity contribution in [1.82, 2.24) is 26.6 Å². The molecule has 0 aliphatic carbocycles. The Morgan fingerprint density at radius 3 is 1.77 bits per heavy atom. The molecular formula is C60H71N9O11S. The highest BCUT2D eigenvalue weighted by molar-refractivity contribution is 7.80. The number of aliphatic carboxylic acids is 1. The summed E-state index contributed by atoms with van der Waals surface area (Å²) in [6.07, 6.45) is 3.44. The Labute approximate surface area is 476 Å². The minimum Gasteiger partial charge on any atom is -0.508 e. The SMILES string of the molecule is CC(C)C[C@@H](NC(=O)CCCCCNC(=S)Nc1ccc2c(c1)C(=O)OC21c2ccc(O)cc2Oc2cc(O)ccc21)C(=O)N[C@H](CC(C)C)C(=O)N[C@@H](CCCCNC(=O)c1ccc(N=Nc2ccc(N(C)C)cc2)cc1)C(=O)O. The molecule has 2 heterocycles. The molecule has 3 atom stereocenters. The van der Waals surface area contributed by atoms with Gasteiger partial charge in [-0.25, -0.2) is 9.59 Å². The van der Waals surface area contributed by atoms with Gasteiger partial charge in [0.25, 0.3) is 5.91 Å². The zero-order chi connectivity index (χ0) is 58.4. The molecule has 0 saturated heterocycles. The van der Waals surface area contributed by atoms with Crippen LogP contribution in [0.3, 0.4) is 0 Å². The molecule has 21 heteroatoms. The predicted molar refractivity (Wildman–Crippen MR) is 311 cm³/mol. The van der Waals surface area contributed by atoms with Gasteiger partial charge in [-0.2, -0.15) is 10.2 Å². The lowest BCUT2D eigenvalue weighted by Crippen LogP contribution is -2.56.